The van der Waals surface area contributed by atoms with Gasteiger partial charge in [0, 0.05) is 37.8 Å². The number of ether oxygens (including phenoxy) is 1. The van der Waals surface area contributed by atoms with Gasteiger partial charge in [0.15, 0.2) is 17.3 Å². The van der Waals surface area contributed by atoms with Crippen molar-refractivity contribution in [3.63, 3.8) is 0 Å². The fourth-order valence-corrected chi connectivity index (χ4v) is 5.62. The van der Waals surface area contributed by atoms with E-state index >= 15 is 0 Å². The Morgan fingerprint density at radius 3 is 2.62 bits per heavy atom. The Kier molecular flexibility index (Phi) is 6.34. The first-order chi connectivity index (χ1) is 17.8. The third-order valence-corrected chi connectivity index (χ3v) is 7.73. The van der Waals surface area contributed by atoms with E-state index in [0.29, 0.717) is 23.0 Å². The van der Waals surface area contributed by atoms with Crippen molar-refractivity contribution in [3.05, 3.63) is 29.8 Å². The summed E-state index contributed by atoms with van der Waals surface area (Å²) in [6, 6.07) is 5.79. The normalized spacial score (nSPS) is 19.3. The number of anilines is 2. The smallest absolute Gasteiger partial charge is 0.406 e. The van der Waals surface area contributed by atoms with E-state index in [-0.39, 0.29) is 5.75 Å². The van der Waals surface area contributed by atoms with Crippen molar-refractivity contribution in [1.82, 2.24) is 24.7 Å². The Morgan fingerprint density at radius 1 is 1.05 bits per heavy atom. The van der Waals surface area contributed by atoms with Crippen LogP contribution in [0.15, 0.2) is 24.3 Å². The molecule has 0 radical (unpaired) electrons. The quantitative estimate of drug-likeness (QED) is 0.493. The topological polar surface area (TPSA) is 70.8 Å². The van der Waals surface area contributed by atoms with Gasteiger partial charge in [-0.15, -0.1) is 28.5 Å². The molecule has 2 aromatic heterocycles. The largest absolute Gasteiger partial charge is 0.573 e. The summed E-state index contributed by atoms with van der Waals surface area (Å²) in [5.41, 5.74) is 3.20. The molecule has 3 aromatic rings. The van der Waals surface area contributed by atoms with Gasteiger partial charge in [0.1, 0.15) is 5.75 Å². The average Bonchev–Trinajstić information content (AvgIpc) is 3.57. The number of rotatable bonds is 7. The van der Waals surface area contributed by atoms with Crippen LogP contribution in [0.5, 0.6) is 5.75 Å². The molecule has 8 nitrogen and oxygen atoms in total. The fraction of sp³-hybridized carbons (Fsp3) is 0.577. The van der Waals surface area contributed by atoms with Crippen LogP contribution < -0.4 is 15.0 Å². The van der Waals surface area contributed by atoms with Gasteiger partial charge >= 0.3 is 6.36 Å². The summed E-state index contributed by atoms with van der Waals surface area (Å²) in [5.74, 6) is 2.36. The van der Waals surface area contributed by atoms with Crippen LogP contribution in [0.1, 0.15) is 37.7 Å². The van der Waals surface area contributed by atoms with E-state index < -0.39 is 6.36 Å². The number of fused-ring (bicyclic) bond motifs is 3. The second kappa shape index (κ2) is 9.66. The number of piperidine rings is 1. The fourth-order valence-electron chi connectivity index (χ4n) is 5.62. The zero-order valence-corrected chi connectivity index (χ0v) is 21.0. The molecule has 0 spiro atoms. The van der Waals surface area contributed by atoms with Gasteiger partial charge in [-0.1, -0.05) is 12.1 Å². The highest BCUT2D eigenvalue weighted by molar-refractivity contribution is 5.78. The summed E-state index contributed by atoms with van der Waals surface area (Å²) in [5, 5.41) is 17.2. The van der Waals surface area contributed by atoms with Crippen molar-refractivity contribution < 1.29 is 17.9 Å². The molecule has 2 fully saturated rings. The zero-order valence-electron chi connectivity index (χ0n) is 21.0. The molecule has 3 aliphatic rings. The minimum atomic E-state index is -4.77. The van der Waals surface area contributed by atoms with Gasteiger partial charge in [0.2, 0.25) is 0 Å². The molecule has 11 heteroatoms. The van der Waals surface area contributed by atoms with Crippen LogP contribution in [0.4, 0.5) is 24.7 Å². The molecule has 6 rings (SSSR count). The van der Waals surface area contributed by atoms with Crippen molar-refractivity contribution in [2.24, 2.45) is 11.8 Å². The number of likely N-dealkylation sites (tertiary alicyclic amines) is 1. The van der Waals surface area contributed by atoms with Gasteiger partial charge in [-0.2, -0.15) is 4.52 Å². The molecule has 1 saturated carbocycles. The number of alkyl halides is 3. The van der Waals surface area contributed by atoms with Crippen molar-refractivity contribution >= 4 is 17.2 Å². The van der Waals surface area contributed by atoms with E-state index in [1.807, 2.05) is 0 Å². The second-order valence-electron chi connectivity index (χ2n) is 10.6. The number of aromatic nitrogens is 4. The number of hydrogen-bond donors (Lipinski definition) is 1. The first-order valence-electron chi connectivity index (χ1n) is 13.2. The predicted octanol–water partition coefficient (Wildman–Crippen LogP) is 4.61. The van der Waals surface area contributed by atoms with E-state index in [1.54, 1.807) is 10.6 Å². The highest BCUT2D eigenvalue weighted by atomic mass is 19.4. The lowest BCUT2D eigenvalue weighted by Gasteiger charge is -2.33. The minimum absolute atomic E-state index is 0.300. The van der Waals surface area contributed by atoms with E-state index in [0.717, 1.165) is 62.0 Å². The molecule has 1 saturated heterocycles. The molecule has 0 atom stereocenters. The van der Waals surface area contributed by atoms with E-state index in [2.05, 4.69) is 37.1 Å². The first-order valence-corrected chi connectivity index (χ1v) is 13.2. The molecule has 0 bridgehead atoms. The summed E-state index contributed by atoms with van der Waals surface area (Å²) in [6.07, 6.45) is 2.18. The Hall–Kier alpha value is -3.08. The molecule has 0 unspecified atom stereocenters. The standard InChI is InChI=1S/C26H32F3N7O/c1-34-11-3-6-21-22(34)23(30-15-17-9-12-35(13-10-17)16-18-7-8-18)33-36-24(31-32-25(21)36)19-4-2-5-20(14-19)37-26(27,28)29/h2,4-5,14,17-18H,3,6-13,15-16H2,1H3,(H,30,33). The van der Waals surface area contributed by atoms with Crippen LogP contribution in [-0.2, 0) is 6.42 Å². The number of nitrogens with one attached hydrogen (secondary N) is 1. The molecule has 4 heterocycles. The molecule has 1 aliphatic carbocycles. The maximum Gasteiger partial charge on any atom is 0.573 e. The van der Waals surface area contributed by atoms with Crippen molar-refractivity contribution in [2.75, 3.05) is 50.0 Å². The molecule has 2 aliphatic heterocycles. The van der Waals surface area contributed by atoms with Crippen LogP contribution in [0.2, 0.25) is 0 Å². The maximum absolute atomic E-state index is 12.8. The SMILES string of the molecule is CN1CCCc2c1c(NCC1CCN(CC3CC3)CC1)nn1c(-c3cccc(OC(F)(F)F)c3)nnc21. The van der Waals surface area contributed by atoms with Crippen molar-refractivity contribution in [2.45, 2.75) is 44.9 Å². The minimum Gasteiger partial charge on any atom is -0.406 e. The number of aryl methyl sites for hydroxylation is 1. The molecular formula is C26H32F3N7O. The van der Waals surface area contributed by atoms with Gasteiger partial charge in [-0.3, -0.25) is 0 Å². The molecule has 37 heavy (non-hydrogen) atoms. The van der Waals surface area contributed by atoms with Crippen molar-refractivity contribution in [1.29, 1.82) is 0 Å². The second-order valence-corrected chi connectivity index (χ2v) is 10.6. The predicted molar refractivity (Wildman–Crippen MR) is 135 cm³/mol. The van der Waals surface area contributed by atoms with E-state index in [4.69, 9.17) is 5.10 Å². The van der Waals surface area contributed by atoms with Crippen LogP contribution in [0, 0.1) is 11.8 Å². The number of nitrogens with zero attached hydrogens (tertiary/aromatic N) is 6. The molecule has 1 aromatic carbocycles. The van der Waals surface area contributed by atoms with E-state index in [9.17, 15) is 13.2 Å². The lowest BCUT2D eigenvalue weighted by molar-refractivity contribution is -0.274. The van der Waals surface area contributed by atoms with Crippen LogP contribution in [0.25, 0.3) is 17.0 Å². The van der Waals surface area contributed by atoms with Gasteiger partial charge in [-0.25, -0.2) is 0 Å². The summed E-state index contributed by atoms with van der Waals surface area (Å²) < 4.78 is 44.1. The molecule has 1 N–H and O–H groups in total. The molecule has 0 amide bonds. The van der Waals surface area contributed by atoms with Crippen LogP contribution in [-0.4, -0.2) is 70.8 Å². The van der Waals surface area contributed by atoms with Crippen molar-refractivity contribution in [3.8, 4) is 17.1 Å². The number of halogens is 3. The summed E-state index contributed by atoms with van der Waals surface area (Å²) in [4.78, 5) is 4.81. The van der Waals surface area contributed by atoms with Crippen LogP contribution in [0.3, 0.4) is 0 Å². The lowest BCUT2D eigenvalue weighted by atomic mass is 9.96. The first kappa shape index (κ1) is 24.3. The van der Waals surface area contributed by atoms with Gasteiger partial charge in [0.25, 0.3) is 0 Å². The molecular weight excluding hydrogens is 483 g/mol. The Bertz CT molecular complexity index is 1270. The highest BCUT2D eigenvalue weighted by Gasteiger charge is 2.32. The summed E-state index contributed by atoms with van der Waals surface area (Å²) >= 11 is 0. The lowest BCUT2D eigenvalue weighted by Crippen LogP contribution is -2.37. The molecule has 198 valence electrons. The highest BCUT2D eigenvalue weighted by Crippen LogP contribution is 2.37. The van der Waals surface area contributed by atoms with Gasteiger partial charge in [-0.05, 0) is 75.6 Å². The van der Waals surface area contributed by atoms with Crippen LogP contribution >= 0.6 is 0 Å². The third kappa shape index (κ3) is 5.32. The Balaban J connectivity index is 1.27. The van der Waals surface area contributed by atoms with E-state index in [1.165, 1.54) is 50.4 Å². The number of hydrogen-bond acceptors (Lipinski definition) is 7. The summed E-state index contributed by atoms with van der Waals surface area (Å²) in [7, 11) is 2.06. The Morgan fingerprint density at radius 2 is 1.86 bits per heavy atom. The summed E-state index contributed by atoms with van der Waals surface area (Å²) in [6.45, 7) is 5.32. The zero-order chi connectivity index (χ0) is 25.6. The Labute approximate surface area is 213 Å². The van der Waals surface area contributed by atoms with Gasteiger partial charge in [0.05, 0.1) is 5.69 Å². The average molecular weight is 516 g/mol. The maximum atomic E-state index is 12.8. The third-order valence-electron chi connectivity index (χ3n) is 7.73. The number of benzene rings is 1. The monoisotopic (exact) mass is 515 g/mol. The van der Waals surface area contributed by atoms with Gasteiger partial charge < -0.3 is 19.9 Å².